The number of aromatic nitrogens is 3. The second-order valence-electron chi connectivity index (χ2n) is 6.93. The summed E-state index contributed by atoms with van der Waals surface area (Å²) in [6.07, 6.45) is -0.480. The van der Waals surface area contributed by atoms with Crippen LogP contribution < -0.4 is 10.1 Å². The van der Waals surface area contributed by atoms with E-state index in [-0.39, 0.29) is 28.2 Å². The van der Waals surface area contributed by atoms with E-state index in [1.165, 1.54) is 43.7 Å². The lowest BCUT2D eigenvalue weighted by Gasteiger charge is -2.14. The van der Waals surface area contributed by atoms with E-state index in [1.54, 1.807) is 18.2 Å². The summed E-state index contributed by atoms with van der Waals surface area (Å²) in [6, 6.07) is 10.9. The zero-order valence-electron chi connectivity index (χ0n) is 17.1. The van der Waals surface area contributed by atoms with E-state index >= 15 is 0 Å². The number of benzene rings is 2. The normalized spacial score (nSPS) is 11.3. The van der Waals surface area contributed by atoms with Gasteiger partial charge in [0, 0.05) is 30.3 Å². The van der Waals surface area contributed by atoms with E-state index in [1.807, 2.05) is 0 Å². The molecule has 4 rings (SSSR count). The second-order valence-corrected chi connectivity index (χ2v) is 6.93. The number of hydrogen-bond acceptors (Lipinski definition) is 6. The van der Waals surface area contributed by atoms with Crippen molar-refractivity contribution >= 4 is 28.5 Å². The standard InChI is InChI=1S/C23H15F3N4O3/c1-13(31)33-19-11-15-5-3-7-17(29-22(32)18-12-27-8-9-28-18)20(15)30-21(19)14-4-2-6-16(10-14)23(24,25)26/h2-12H,1H3,(H,29,32). The zero-order chi connectivity index (χ0) is 23.6. The number of para-hydroxylation sites is 1. The molecule has 0 aliphatic rings. The number of alkyl halides is 3. The number of carbonyl (C=O) groups is 2. The van der Waals surface area contributed by atoms with Crippen molar-refractivity contribution < 1.29 is 27.5 Å². The van der Waals surface area contributed by atoms with Gasteiger partial charge in [0.25, 0.3) is 5.91 Å². The minimum atomic E-state index is -4.57. The summed E-state index contributed by atoms with van der Waals surface area (Å²) in [5, 5.41) is 3.18. The first-order valence-electron chi connectivity index (χ1n) is 9.59. The van der Waals surface area contributed by atoms with Crippen molar-refractivity contribution in [1.82, 2.24) is 15.0 Å². The number of halogens is 3. The first-order valence-corrected chi connectivity index (χ1v) is 9.59. The van der Waals surface area contributed by atoms with Gasteiger partial charge in [0.2, 0.25) is 0 Å². The molecule has 0 saturated carbocycles. The molecule has 2 heterocycles. The predicted molar refractivity (Wildman–Crippen MR) is 113 cm³/mol. The molecule has 2 aromatic heterocycles. The van der Waals surface area contributed by atoms with Crippen LogP contribution in [0.1, 0.15) is 23.0 Å². The Morgan fingerprint density at radius 3 is 2.52 bits per heavy atom. The summed E-state index contributed by atoms with van der Waals surface area (Å²) >= 11 is 0. The van der Waals surface area contributed by atoms with Gasteiger partial charge in [0.15, 0.2) is 5.75 Å². The molecule has 2 aromatic carbocycles. The smallest absolute Gasteiger partial charge is 0.416 e. The van der Waals surface area contributed by atoms with E-state index in [0.717, 1.165) is 12.1 Å². The molecule has 10 heteroatoms. The highest BCUT2D eigenvalue weighted by molar-refractivity contribution is 6.07. The number of hydrogen-bond donors (Lipinski definition) is 1. The van der Waals surface area contributed by atoms with Crippen LogP contribution in [0.2, 0.25) is 0 Å². The molecule has 0 saturated heterocycles. The fourth-order valence-electron chi connectivity index (χ4n) is 3.16. The number of esters is 1. The van der Waals surface area contributed by atoms with Crippen LogP contribution >= 0.6 is 0 Å². The average molecular weight is 452 g/mol. The van der Waals surface area contributed by atoms with Crippen LogP contribution in [0, 0.1) is 0 Å². The lowest BCUT2D eigenvalue weighted by atomic mass is 10.0. The third-order valence-electron chi connectivity index (χ3n) is 4.57. The van der Waals surface area contributed by atoms with Crippen molar-refractivity contribution in [2.45, 2.75) is 13.1 Å². The second kappa shape index (κ2) is 8.65. The zero-order valence-corrected chi connectivity index (χ0v) is 17.1. The maximum absolute atomic E-state index is 13.3. The fraction of sp³-hybridized carbons (Fsp3) is 0.0870. The van der Waals surface area contributed by atoms with Gasteiger partial charge in [0.1, 0.15) is 11.4 Å². The summed E-state index contributed by atoms with van der Waals surface area (Å²) in [5.74, 6) is -1.20. The molecule has 33 heavy (non-hydrogen) atoms. The van der Waals surface area contributed by atoms with Gasteiger partial charge < -0.3 is 10.1 Å². The van der Waals surface area contributed by atoms with Gasteiger partial charge in [-0.15, -0.1) is 0 Å². The van der Waals surface area contributed by atoms with E-state index < -0.39 is 23.6 Å². The maximum atomic E-state index is 13.3. The van der Waals surface area contributed by atoms with Crippen molar-refractivity contribution in [3.63, 3.8) is 0 Å². The average Bonchev–Trinajstić information content (AvgIpc) is 2.78. The number of pyridine rings is 1. The first kappa shape index (κ1) is 21.9. The first-order chi connectivity index (χ1) is 15.7. The minimum absolute atomic E-state index is 0.00766. The fourth-order valence-corrected chi connectivity index (χ4v) is 3.16. The quantitative estimate of drug-likeness (QED) is 0.443. The van der Waals surface area contributed by atoms with Crippen molar-refractivity contribution in [3.8, 4) is 17.0 Å². The molecule has 0 bridgehead atoms. The van der Waals surface area contributed by atoms with Crippen molar-refractivity contribution in [1.29, 1.82) is 0 Å². The Morgan fingerprint density at radius 2 is 1.82 bits per heavy atom. The van der Waals surface area contributed by atoms with Crippen LogP contribution in [-0.2, 0) is 11.0 Å². The predicted octanol–water partition coefficient (Wildman–Crippen LogP) is 4.89. The Labute approximate surface area is 185 Å². The number of nitrogens with zero attached hydrogens (tertiary/aromatic N) is 3. The lowest BCUT2D eigenvalue weighted by Crippen LogP contribution is -2.14. The summed E-state index contributed by atoms with van der Waals surface area (Å²) < 4.78 is 45.0. The summed E-state index contributed by atoms with van der Waals surface area (Å²) in [6.45, 7) is 1.18. The third-order valence-corrected chi connectivity index (χ3v) is 4.57. The highest BCUT2D eigenvalue weighted by Gasteiger charge is 2.31. The largest absolute Gasteiger partial charge is 0.424 e. The number of rotatable bonds is 4. The van der Waals surface area contributed by atoms with Crippen LogP contribution in [0.4, 0.5) is 18.9 Å². The number of amides is 1. The molecule has 0 aliphatic carbocycles. The molecular formula is C23H15F3N4O3. The molecule has 1 amide bonds. The van der Waals surface area contributed by atoms with Gasteiger partial charge in [-0.05, 0) is 24.3 Å². The maximum Gasteiger partial charge on any atom is 0.416 e. The van der Waals surface area contributed by atoms with E-state index in [9.17, 15) is 22.8 Å². The SMILES string of the molecule is CC(=O)Oc1cc2cccc(NC(=O)c3cnccn3)c2nc1-c1cccc(C(F)(F)F)c1. The molecule has 166 valence electrons. The summed E-state index contributed by atoms with van der Waals surface area (Å²) in [7, 11) is 0. The summed E-state index contributed by atoms with van der Waals surface area (Å²) in [4.78, 5) is 36.4. The third kappa shape index (κ3) is 4.79. The van der Waals surface area contributed by atoms with Gasteiger partial charge in [-0.3, -0.25) is 14.6 Å². The van der Waals surface area contributed by atoms with E-state index in [4.69, 9.17) is 4.74 Å². The topological polar surface area (TPSA) is 94.1 Å². The Morgan fingerprint density at radius 1 is 1.03 bits per heavy atom. The molecule has 4 aromatic rings. The van der Waals surface area contributed by atoms with Gasteiger partial charge in [0.05, 0.1) is 23.0 Å². The molecule has 0 unspecified atom stereocenters. The van der Waals surface area contributed by atoms with Crippen molar-refractivity contribution in [2.75, 3.05) is 5.32 Å². The van der Waals surface area contributed by atoms with Crippen molar-refractivity contribution in [3.05, 3.63) is 78.4 Å². The number of fused-ring (bicyclic) bond motifs is 1. The molecule has 0 radical (unpaired) electrons. The van der Waals surface area contributed by atoms with Crippen LogP contribution in [0.5, 0.6) is 5.75 Å². The van der Waals surface area contributed by atoms with Gasteiger partial charge in [-0.2, -0.15) is 13.2 Å². The van der Waals surface area contributed by atoms with E-state index in [2.05, 4.69) is 20.3 Å². The molecule has 0 atom stereocenters. The minimum Gasteiger partial charge on any atom is -0.424 e. The van der Waals surface area contributed by atoms with Crippen LogP contribution in [-0.4, -0.2) is 26.8 Å². The van der Waals surface area contributed by atoms with E-state index in [0.29, 0.717) is 11.1 Å². The van der Waals surface area contributed by atoms with Crippen LogP contribution in [0.15, 0.2) is 67.1 Å². The molecule has 0 aliphatic heterocycles. The van der Waals surface area contributed by atoms with Crippen molar-refractivity contribution in [2.24, 2.45) is 0 Å². The molecule has 0 spiro atoms. The van der Waals surface area contributed by atoms with Crippen LogP contribution in [0.3, 0.4) is 0 Å². The Hall–Kier alpha value is -4.34. The number of anilines is 1. The van der Waals surface area contributed by atoms with Gasteiger partial charge in [-0.25, -0.2) is 9.97 Å². The molecule has 7 nitrogen and oxygen atoms in total. The lowest BCUT2D eigenvalue weighted by molar-refractivity contribution is -0.137. The van der Waals surface area contributed by atoms with Gasteiger partial charge in [-0.1, -0.05) is 24.3 Å². The Kier molecular flexibility index (Phi) is 5.74. The number of carbonyl (C=O) groups excluding carboxylic acids is 2. The highest BCUT2D eigenvalue weighted by atomic mass is 19.4. The number of nitrogens with one attached hydrogen (secondary N) is 1. The Balaban J connectivity index is 1.86. The molecule has 0 fully saturated rings. The molecular weight excluding hydrogens is 437 g/mol. The monoisotopic (exact) mass is 452 g/mol. The highest BCUT2D eigenvalue weighted by Crippen LogP contribution is 2.37. The van der Waals surface area contributed by atoms with Crippen LogP contribution in [0.25, 0.3) is 22.2 Å². The Bertz CT molecular complexity index is 1360. The number of ether oxygens (including phenoxy) is 1. The molecule has 1 N–H and O–H groups in total. The summed E-state index contributed by atoms with van der Waals surface area (Å²) in [5.41, 5.74) is -0.101. The van der Waals surface area contributed by atoms with Gasteiger partial charge >= 0.3 is 12.1 Å².